The minimum atomic E-state index is -0.850. The van der Waals surface area contributed by atoms with Gasteiger partial charge in [0, 0.05) is 19.3 Å². The number of aliphatic carboxylic acids is 1. The van der Waals surface area contributed by atoms with Crippen LogP contribution in [0.4, 0.5) is 11.5 Å². The maximum absolute atomic E-state index is 11.6. The number of nitrogens with zero attached hydrogens (tertiary/aromatic N) is 5. The summed E-state index contributed by atoms with van der Waals surface area (Å²) >= 11 is 0. The maximum atomic E-state index is 11.6. The van der Waals surface area contributed by atoms with Crippen LogP contribution in [0.2, 0.25) is 0 Å². The molecule has 0 amide bonds. The van der Waals surface area contributed by atoms with Gasteiger partial charge in [-0.05, 0) is 25.0 Å². The molecule has 10 heteroatoms. The first-order valence-electron chi connectivity index (χ1n) is 7.61. The number of hydrogen-bond acceptors (Lipinski definition) is 8. The van der Waals surface area contributed by atoms with Gasteiger partial charge in [-0.2, -0.15) is 4.98 Å². The normalized spacial score (nSPS) is 15.0. The Morgan fingerprint density at radius 2 is 2.12 bits per heavy atom. The Morgan fingerprint density at radius 1 is 1.36 bits per heavy atom. The van der Waals surface area contributed by atoms with Crippen molar-refractivity contribution < 1.29 is 19.6 Å². The maximum Gasteiger partial charge on any atom is 0.373 e. The zero-order valence-electron chi connectivity index (χ0n) is 13.1. The highest BCUT2D eigenvalue weighted by Crippen LogP contribution is 2.37. The highest BCUT2D eigenvalue weighted by Gasteiger charge is 2.32. The van der Waals surface area contributed by atoms with Gasteiger partial charge in [0.15, 0.2) is 0 Å². The van der Waals surface area contributed by atoms with Crippen LogP contribution in [0.15, 0.2) is 30.9 Å². The lowest BCUT2D eigenvalue weighted by molar-refractivity contribution is -0.385. The van der Waals surface area contributed by atoms with Crippen LogP contribution in [0.5, 0.6) is 11.6 Å². The molecule has 0 atom stereocenters. The summed E-state index contributed by atoms with van der Waals surface area (Å²) in [6, 6.07) is 3.25. The molecule has 10 nitrogen and oxygen atoms in total. The van der Waals surface area contributed by atoms with E-state index in [4.69, 9.17) is 9.84 Å². The van der Waals surface area contributed by atoms with E-state index in [-0.39, 0.29) is 17.4 Å². The molecular weight excluding hydrogens is 330 g/mol. The largest absolute Gasteiger partial charge is 0.481 e. The Hall–Kier alpha value is -3.30. The zero-order valence-corrected chi connectivity index (χ0v) is 13.1. The van der Waals surface area contributed by atoms with Gasteiger partial charge in [-0.1, -0.05) is 0 Å². The second-order valence-electron chi connectivity index (χ2n) is 5.50. The molecule has 0 aliphatic carbocycles. The Balaban J connectivity index is 1.88. The highest BCUT2D eigenvalue weighted by atomic mass is 16.6. The van der Waals surface area contributed by atoms with Crippen LogP contribution in [0.25, 0.3) is 0 Å². The van der Waals surface area contributed by atoms with Crippen molar-refractivity contribution in [2.24, 2.45) is 5.92 Å². The second kappa shape index (κ2) is 7.07. The molecule has 1 aliphatic rings. The van der Waals surface area contributed by atoms with E-state index in [1.165, 1.54) is 12.5 Å². The number of anilines is 1. The molecule has 0 spiro atoms. The number of rotatable bonds is 5. The van der Waals surface area contributed by atoms with Gasteiger partial charge in [0.1, 0.15) is 12.1 Å². The molecule has 2 aromatic rings. The summed E-state index contributed by atoms with van der Waals surface area (Å²) in [7, 11) is 0. The molecule has 25 heavy (non-hydrogen) atoms. The smallest absolute Gasteiger partial charge is 0.373 e. The van der Waals surface area contributed by atoms with E-state index in [1.807, 2.05) is 0 Å². The van der Waals surface area contributed by atoms with Crippen molar-refractivity contribution in [1.29, 1.82) is 0 Å². The molecule has 130 valence electrons. The number of ether oxygens (including phenoxy) is 1. The van der Waals surface area contributed by atoms with Gasteiger partial charge in [-0.15, -0.1) is 0 Å². The van der Waals surface area contributed by atoms with Gasteiger partial charge >= 0.3 is 17.5 Å². The number of pyridine rings is 1. The summed E-state index contributed by atoms with van der Waals surface area (Å²) < 4.78 is 5.49. The molecule has 0 aromatic carbocycles. The summed E-state index contributed by atoms with van der Waals surface area (Å²) in [6.07, 6.45) is 4.96. The SMILES string of the molecule is O=C(O)C1CCN(c2ncnc(Oc3cccnc3)c2[N+](=O)[O-])CC1. The number of carbonyl (C=O) groups is 1. The zero-order chi connectivity index (χ0) is 17.8. The van der Waals surface area contributed by atoms with E-state index >= 15 is 0 Å². The van der Waals surface area contributed by atoms with Crippen LogP contribution in [0.3, 0.4) is 0 Å². The number of piperidine rings is 1. The number of nitro groups is 1. The predicted octanol–water partition coefficient (Wildman–Crippen LogP) is 1.87. The fraction of sp³-hybridized carbons (Fsp3) is 0.333. The lowest BCUT2D eigenvalue weighted by Crippen LogP contribution is -2.37. The van der Waals surface area contributed by atoms with Crippen molar-refractivity contribution in [1.82, 2.24) is 15.0 Å². The predicted molar refractivity (Wildman–Crippen MR) is 85.6 cm³/mol. The van der Waals surface area contributed by atoms with Crippen molar-refractivity contribution in [2.75, 3.05) is 18.0 Å². The molecule has 0 radical (unpaired) electrons. The number of aromatic nitrogens is 3. The van der Waals surface area contributed by atoms with Crippen molar-refractivity contribution in [3.8, 4) is 11.6 Å². The van der Waals surface area contributed by atoms with Gasteiger partial charge in [-0.25, -0.2) is 4.98 Å². The molecule has 3 rings (SSSR count). The van der Waals surface area contributed by atoms with E-state index < -0.39 is 16.8 Å². The van der Waals surface area contributed by atoms with E-state index in [0.29, 0.717) is 31.7 Å². The van der Waals surface area contributed by atoms with E-state index in [0.717, 1.165) is 0 Å². The minimum absolute atomic E-state index is 0.128. The van der Waals surface area contributed by atoms with Crippen LogP contribution < -0.4 is 9.64 Å². The average molecular weight is 345 g/mol. The first-order chi connectivity index (χ1) is 12.1. The summed E-state index contributed by atoms with van der Waals surface area (Å²) in [5.74, 6) is -1.02. The van der Waals surface area contributed by atoms with Crippen LogP contribution in [-0.2, 0) is 4.79 Å². The quantitative estimate of drug-likeness (QED) is 0.637. The molecule has 2 aromatic heterocycles. The van der Waals surface area contributed by atoms with Gasteiger partial charge in [0.25, 0.3) is 0 Å². The Bertz CT molecular complexity index is 777. The van der Waals surface area contributed by atoms with Crippen molar-refractivity contribution >= 4 is 17.5 Å². The average Bonchev–Trinajstić information content (AvgIpc) is 2.62. The highest BCUT2D eigenvalue weighted by molar-refractivity contribution is 5.71. The van der Waals surface area contributed by atoms with Crippen LogP contribution in [0, 0.1) is 16.0 Å². The molecular formula is C15H15N5O5. The molecule has 1 fully saturated rings. The lowest BCUT2D eigenvalue weighted by Gasteiger charge is -2.30. The molecule has 0 unspecified atom stereocenters. The second-order valence-corrected chi connectivity index (χ2v) is 5.50. The summed E-state index contributed by atoms with van der Waals surface area (Å²) in [5, 5.41) is 20.6. The lowest BCUT2D eigenvalue weighted by atomic mass is 9.97. The van der Waals surface area contributed by atoms with Crippen LogP contribution in [-0.4, -0.2) is 44.0 Å². The first kappa shape index (κ1) is 16.6. The van der Waals surface area contributed by atoms with E-state index in [2.05, 4.69) is 15.0 Å². The minimum Gasteiger partial charge on any atom is -0.481 e. The van der Waals surface area contributed by atoms with Crippen molar-refractivity contribution in [3.63, 3.8) is 0 Å². The summed E-state index contributed by atoms with van der Waals surface area (Å²) in [5.41, 5.74) is -0.347. The molecule has 0 saturated carbocycles. The third-order valence-electron chi connectivity index (χ3n) is 3.94. The fourth-order valence-corrected chi connectivity index (χ4v) is 2.68. The third kappa shape index (κ3) is 3.62. The molecule has 3 heterocycles. The van der Waals surface area contributed by atoms with Gasteiger partial charge in [0.2, 0.25) is 5.82 Å². The molecule has 1 saturated heterocycles. The van der Waals surface area contributed by atoms with Crippen molar-refractivity contribution in [2.45, 2.75) is 12.8 Å². The monoisotopic (exact) mass is 345 g/mol. The van der Waals surface area contributed by atoms with Crippen LogP contribution in [0.1, 0.15) is 12.8 Å². The molecule has 0 bridgehead atoms. The van der Waals surface area contributed by atoms with E-state index in [9.17, 15) is 14.9 Å². The third-order valence-corrected chi connectivity index (χ3v) is 3.94. The number of carboxylic acids is 1. The number of carboxylic acid groups (broad SMARTS) is 1. The van der Waals surface area contributed by atoms with Gasteiger partial charge in [-0.3, -0.25) is 19.9 Å². The Labute approximate surface area is 142 Å². The topological polar surface area (TPSA) is 132 Å². The summed E-state index contributed by atoms with van der Waals surface area (Å²) in [6.45, 7) is 0.725. The van der Waals surface area contributed by atoms with Gasteiger partial charge in [0.05, 0.1) is 17.0 Å². The van der Waals surface area contributed by atoms with Crippen molar-refractivity contribution in [3.05, 3.63) is 41.0 Å². The fourth-order valence-electron chi connectivity index (χ4n) is 2.68. The number of hydrogen-bond donors (Lipinski definition) is 1. The summed E-state index contributed by atoms with van der Waals surface area (Å²) in [4.78, 5) is 35.5. The Morgan fingerprint density at radius 3 is 2.72 bits per heavy atom. The molecule has 1 N–H and O–H groups in total. The Kier molecular flexibility index (Phi) is 4.68. The van der Waals surface area contributed by atoms with Gasteiger partial charge < -0.3 is 14.7 Å². The van der Waals surface area contributed by atoms with Crippen LogP contribution >= 0.6 is 0 Å². The first-order valence-corrected chi connectivity index (χ1v) is 7.61. The van der Waals surface area contributed by atoms with E-state index in [1.54, 1.807) is 23.2 Å². The standard InChI is InChI=1S/C15H15N5O5/c21-15(22)10-3-6-19(7-4-10)13-12(20(23)24)14(18-9-17-13)25-11-2-1-5-16-8-11/h1-2,5,8-10H,3-4,6-7H2,(H,21,22). The molecule has 1 aliphatic heterocycles.